The Kier molecular flexibility index (Phi) is 3.50. The molecule has 0 saturated heterocycles. The van der Waals surface area contributed by atoms with Crippen LogP contribution in [0.15, 0.2) is 24.8 Å². The molecule has 68 valence electrons. The molecule has 0 fully saturated rings. The highest BCUT2D eigenvalue weighted by Crippen LogP contribution is 2.14. The standard InChI is InChI=1S/C10H16O2/c1-4-9-6-5-7-10(12-9)11-8(2)3/h4-5,7-10H,1,6H2,2-3H3/t9-,10?/m0/s1. The molecule has 0 bridgehead atoms. The molecule has 0 aromatic carbocycles. The zero-order chi connectivity index (χ0) is 8.97. The monoisotopic (exact) mass is 168 g/mol. The van der Waals surface area contributed by atoms with Gasteiger partial charge in [-0.2, -0.15) is 0 Å². The van der Waals surface area contributed by atoms with Crippen molar-refractivity contribution in [2.75, 3.05) is 0 Å². The molecule has 1 unspecified atom stereocenters. The first kappa shape index (κ1) is 9.49. The SMILES string of the molecule is C=C[C@H]1CC=CC(OC(C)C)O1. The van der Waals surface area contributed by atoms with E-state index in [1.54, 1.807) is 6.08 Å². The second-order valence-corrected chi connectivity index (χ2v) is 3.13. The molecule has 1 rings (SSSR count). The highest BCUT2D eigenvalue weighted by molar-refractivity contribution is 4.97. The molecular formula is C10H16O2. The van der Waals surface area contributed by atoms with Crippen LogP contribution in [0.2, 0.25) is 0 Å². The lowest BCUT2D eigenvalue weighted by Gasteiger charge is -2.25. The third-order valence-corrected chi connectivity index (χ3v) is 1.64. The van der Waals surface area contributed by atoms with Gasteiger partial charge < -0.3 is 9.47 Å². The largest absolute Gasteiger partial charge is 0.346 e. The van der Waals surface area contributed by atoms with Crippen LogP contribution in [-0.2, 0) is 9.47 Å². The summed E-state index contributed by atoms with van der Waals surface area (Å²) < 4.78 is 11.0. The fourth-order valence-corrected chi connectivity index (χ4v) is 1.09. The van der Waals surface area contributed by atoms with Crippen LogP contribution in [0, 0.1) is 0 Å². The minimum Gasteiger partial charge on any atom is -0.346 e. The van der Waals surface area contributed by atoms with E-state index < -0.39 is 0 Å². The zero-order valence-corrected chi connectivity index (χ0v) is 7.69. The Balaban J connectivity index is 2.40. The second kappa shape index (κ2) is 4.43. The Bertz CT molecular complexity index is 173. The van der Waals surface area contributed by atoms with Crippen LogP contribution in [0.5, 0.6) is 0 Å². The van der Waals surface area contributed by atoms with Crippen LogP contribution in [-0.4, -0.2) is 18.5 Å². The Morgan fingerprint density at radius 2 is 2.42 bits per heavy atom. The molecule has 2 heteroatoms. The summed E-state index contributed by atoms with van der Waals surface area (Å²) in [5, 5.41) is 0. The average Bonchev–Trinajstić information content (AvgIpc) is 2.03. The normalized spacial score (nSPS) is 29.2. The molecule has 2 atom stereocenters. The van der Waals surface area contributed by atoms with Gasteiger partial charge in [0.05, 0.1) is 12.2 Å². The summed E-state index contributed by atoms with van der Waals surface area (Å²) in [6.07, 6.45) is 6.84. The van der Waals surface area contributed by atoms with Gasteiger partial charge in [-0.15, -0.1) is 6.58 Å². The molecule has 0 saturated carbocycles. The van der Waals surface area contributed by atoms with E-state index in [9.17, 15) is 0 Å². The predicted octanol–water partition coefficient (Wildman–Crippen LogP) is 2.27. The molecule has 0 spiro atoms. The van der Waals surface area contributed by atoms with Gasteiger partial charge in [-0.25, -0.2) is 0 Å². The molecule has 12 heavy (non-hydrogen) atoms. The van der Waals surface area contributed by atoms with Gasteiger partial charge in [0.1, 0.15) is 0 Å². The smallest absolute Gasteiger partial charge is 0.177 e. The first-order valence-corrected chi connectivity index (χ1v) is 4.32. The minimum absolute atomic E-state index is 0.110. The number of rotatable bonds is 3. The van der Waals surface area contributed by atoms with E-state index >= 15 is 0 Å². The van der Waals surface area contributed by atoms with E-state index in [0.717, 1.165) is 6.42 Å². The van der Waals surface area contributed by atoms with Crippen LogP contribution >= 0.6 is 0 Å². The fraction of sp³-hybridized carbons (Fsp3) is 0.600. The summed E-state index contributed by atoms with van der Waals surface area (Å²) in [5.41, 5.74) is 0. The Morgan fingerprint density at radius 1 is 1.67 bits per heavy atom. The Labute approximate surface area is 73.9 Å². The van der Waals surface area contributed by atoms with Gasteiger partial charge in [0.25, 0.3) is 0 Å². The van der Waals surface area contributed by atoms with Gasteiger partial charge in [0, 0.05) is 0 Å². The van der Waals surface area contributed by atoms with Gasteiger partial charge in [0.15, 0.2) is 6.29 Å². The lowest BCUT2D eigenvalue weighted by molar-refractivity contribution is -0.154. The molecule has 1 aliphatic heterocycles. The van der Waals surface area contributed by atoms with E-state index in [1.807, 2.05) is 19.9 Å². The van der Waals surface area contributed by atoms with Crippen LogP contribution in [0.4, 0.5) is 0 Å². The third kappa shape index (κ3) is 2.80. The minimum atomic E-state index is -0.193. The molecule has 0 radical (unpaired) electrons. The van der Waals surface area contributed by atoms with Crippen molar-refractivity contribution in [3.63, 3.8) is 0 Å². The maximum absolute atomic E-state index is 5.52. The summed E-state index contributed by atoms with van der Waals surface area (Å²) in [4.78, 5) is 0. The average molecular weight is 168 g/mol. The molecular weight excluding hydrogens is 152 g/mol. The lowest BCUT2D eigenvalue weighted by Crippen LogP contribution is -2.26. The van der Waals surface area contributed by atoms with Crippen molar-refractivity contribution in [3.8, 4) is 0 Å². The van der Waals surface area contributed by atoms with Gasteiger partial charge in [-0.1, -0.05) is 12.2 Å². The Hall–Kier alpha value is -0.600. The van der Waals surface area contributed by atoms with Gasteiger partial charge in [-0.05, 0) is 26.3 Å². The van der Waals surface area contributed by atoms with Crippen molar-refractivity contribution in [3.05, 3.63) is 24.8 Å². The van der Waals surface area contributed by atoms with Crippen molar-refractivity contribution in [2.24, 2.45) is 0 Å². The molecule has 0 aromatic heterocycles. The number of hydrogen-bond donors (Lipinski definition) is 0. The van der Waals surface area contributed by atoms with E-state index in [2.05, 4.69) is 12.7 Å². The van der Waals surface area contributed by atoms with Crippen LogP contribution in [0.25, 0.3) is 0 Å². The van der Waals surface area contributed by atoms with E-state index in [4.69, 9.17) is 9.47 Å². The molecule has 2 nitrogen and oxygen atoms in total. The highest BCUT2D eigenvalue weighted by Gasteiger charge is 2.16. The number of ether oxygens (including phenoxy) is 2. The molecule has 0 aliphatic carbocycles. The maximum Gasteiger partial charge on any atom is 0.177 e. The molecule has 1 heterocycles. The summed E-state index contributed by atoms with van der Waals surface area (Å²) in [5.74, 6) is 0. The summed E-state index contributed by atoms with van der Waals surface area (Å²) >= 11 is 0. The molecule has 0 amide bonds. The van der Waals surface area contributed by atoms with Crippen LogP contribution in [0.1, 0.15) is 20.3 Å². The molecule has 1 aliphatic rings. The highest BCUT2D eigenvalue weighted by atomic mass is 16.7. The topological polar surface area (TPSA) is 18.5 Å². The van der Waals surface area contributed by atoms with Gasteiger partial charge in [0.2, 0.25) is 0 Å². The van der Waals surface area contributed by atoms with Crippen molar-refractivity contribution >= 4 is 0 Å². The second-order valence-electron chi connectivity index (χ2n) is 3.13. The number of hydrogen-bond acceptors (Lipinski definition) is 2. The van der Waals surface area contributed by atoms with Crippen LogP contribution in [0.3, 0.4) is 0 Å². The summed E-state index contributed by atoms with van der Waals surface area (Å²) in [7, 11) is 0. The lowest BCUT2D eigenvalue weighted by atomic mass is 10.2. The van der Waals surface area contributed by atoms with Gasteiger partial charge in [-0.3, -0.25) is 0 Å². The third-order valence-electron chi connectivity index (χ3n) is 1.64. The molecule has 0 N–H and O–H groups in total. The molecule has 0 aromatic rings. The van der Waals surface area contributed by atoms with E-state index in [0.29, 0.717) is 0 Å². The van der Waals surface area contributed by atoms with E-state index in [1.165, 1.54) is 0 Å². The van der Waals surface area contributed by atoms with Gasteiger partial charge >= 0.3 is 0 Å². The maximum atomic E-state index is 5.52. The quantitative estimate of drug-likeness (QED) is 0.602. The Morgan fingerprint density at radius 3 is 3.00 bits per heavy atom. The first-order valence-electron chi connectivity index (χ1n) is 4.32. The van der Waals surface area contributed by atoms with E-state index in [-0.39, 0.29) is 18.5 Å². The van der Waals surface area contributed by atoms with Crippen LogP contribution < -0.4 is 0 Å². The van der Waals surface area contributed by atoms with Crippen molar-refractivity contribution in [2.45, 2.75) is 38.8 Å². The zero-order valence-electron chi connectivity index (χ0n) is 7.69. The predicted molar refractivity (Wildman–Crippen MR) is 48.8 cm³/mol. The summed E-state index contributed by atoms with van der Waals surface area (Å²) in [6, 6.07) is 0. The van der Waals surface area contributed by atoms with Crippen molar-refractivity contribution in [1.82, 2.24) is 0 Å². The first-order chi connectivity index (χ1) is 5.72. The summed E-state index contributed by atoms with van der Waals surface area (Å²) in [6.45, 7) is 7.67. The van der Waals surface area contributed by atoms with Crippen molar-refractivity contribution in [1.29, 1.82) is 0 Å². The van der Waals surface area contributed by atoms with Crippen molar-refractivity contribution < 1.29 is 9.47 Å². The fourth-order valence-electron chi connectivity index (χ4n) is 1.09.